The van der Waals surface area contributed by atoms with Gasteiger partial charge in [0, 0.05) is 0 Å². The maximum Gasteiger partial charge on any atom is 0.338 e. The molecule has 1 heterocycles. The third kappa shape index (κ3) is 4.83. The summed E-state index contributed by atoms with van der Waals surface area (Å²) in [5, 5.41) is 0. The molecule has 1 unspecified atom stereocenters. The number of carbonyl (C=O) groups is 1. The van der Waals surface area contributed by atoms with E-state index in [1.165, 1.54) is 24.8 Å². The van der Waals surface area contributed by atoms with Gasteiger partial charge in [-0.3, -0.25) is 4.90 Å². The van der Waals surface area contributed by atoms with Crippen LogP contribution < -0.4 is 0 Å². The van der Waals surface area contributed by atoms with Gasteiger partial charge in [0.2, 0.25) is 0 Å². The van der Waals surface area contributed by atoms with E-state index in [1.54, 1.807) is 12.1 Å². The monoisotopic (exact) mass is 345 g/mol. The zero-order valence-electron chi connectivity index (χ0n) is 13.8. The highest BCUT2D eigenvalue weighted by Crippen LogP contribution is 2.25. The molecule has 1 saturated heterocycles. The van der Waals surface area contributed by atoms with Crippen molar-refractivity contribution < 1.29 is 9.53 Å². The number of nitrogens with zero attached hydrogens (tertiary/aromatic N) is 1. The van der Waals surface area contributed by atoms with E-state index in [4.69, 9.17) is 4.74 Å². The molecule has 3 nitrogen and oxygen atoms in total. The molecule has 0 aliphatic carbocycles. The lowest BCUT2D eigenvalue weighted by Gasteiger charge is -2.34. The van der Waals surface area contributed by atoms with Crippen molar-refractivity contribution in [3.8, 4) is 0 Å². The fourth-order valence-corrected chi connectivity index (χ4v) is 3.13. The zero-order chi connectivity index (χ0) is 15.9. The summed E-state index contributed by atoms with van der Waals surface area (Å²) < 4.78 is 5.62. The van der Waals surface area contributed by atoms with Crippen molar-refractivity contribution in [1.29, 1.82) is 0 Å². The summed E-state index contributed by atoms with van der Waals surface area (Å²) >= 11 is 0. The van der Waals surface area contributed by atoms with Crippen LogP contribution >= 0.6 is 12.4 Å². The summed E-state index contributed by atoms with van der Waals surface area (Å²) in [5.74, 6) is -0.247. The highest BCUT2D eigenvalue weighted by Gasteiger charge is 2.23. The fraction of sp³-hybridized carbons (Fsp3) is 0.350. The molecule has 3 rings (SSSR count). The van der Waals surface area contributed by atoms with Crippen molar-refractivity contribution in [3.63, 3.8) is 0 Å². The minimum Gasteiger partial charge on any atom is -0.460 e. The third-order valence-electron chi connectivity index (χ3n) is 4.40. The van der Waals surface area contributed by atoms with Crippen LogP contribution in [-0.2, 0) is 4.74 Å². The number of hydrogen-bond donors (Lipinski definition) is 0. The number of piperidine rings is 1. The summed E-state index contributed by atoms with van der Waals surface area (Å²) in [6.07, 6.45) is 3.73. The third-order valence-corrected chi connectivity index (χ3v) is 4.40. The number of carbonyl (C=O) groups excluding carboxylic acids is 1. The average molecular weight is 346 g/mol. The Labute approximate surface area is 150 Å². The Morgan fingerprint density at radius 2 is 1.50 bits per heavy atom. The molecule has 0 saturated carbocycles. The van der Waals surface area contributed by atoms with Crippen molar-refractivity contribution in [2.45, 2.75) is 25.3 Å². The maximum atomic E-state index is 12.2. The molecule has 0 radical (unpaired) electrons. The van der Waals surface area contributed by atoms with Gasteiger partial charge in [-0.15, -0.1) is 12.4 Å². The van der Waals surface area contributed by atoms with E-state index < -0.39 is 0 Å². The molecule has 1 aliphatic rings. The first kappa shape index (κ1) is 18.5. The predicted molar refractivity (Wildman–Crippen MR) is 98.6 cm³/mol. The molecule has 0 amide bonds. The zero-order valence-corrected chi connectivity index (χ0v) is 14.6. The molecule has 0 aromatic heterocycles. The van der Waals surface area contributed by atoms with Crippen molar-refractivity contribution in [2.75, 3.05) is 19.7 Å². The second kappa shape index (κ2) is 9.45. The largest absolute Gasteiger partial charge is 0.460 e. The first-order valence-corrected chi connectivity index (χ1v) is 8.36. The predicted octanol–water partition coefficient (Wildman–Crippen LogP) is 4.49. The number of hydrogen-bond acceptors (Lipinski definition) is 3. The fourth-order valence-electron chi connectivity index (χ4n) is 3.13. The van der Waals surface area contributed by atoms with E-state index in [2.05, 4.69) is 17.0 Å². The number of ether oxygens (including phenoxy) is 1. The van der Waals surface area contributed by atoms with Gasteiger partial charge >= 0.3 is 5.97 Å². The van der Waals surface area contributed by atoms with Crippen LogP contribution in [0.2, 0.25) is 0 Å². The normalized spacial score (nSPS) is 16.0. The molecule has 0 N–H and O–H groups in total. The van der Waals surface area contributed by atoms with Gasteiger partial charge < -0.3 is 4.74 Å². The molecule has 128 valence electrons. The maximum absolute atomic E-state index is 12.2. The van der Waals surface area contributed by atoms with Crippen molar-refractivity contribution in [3.05, 3.63) is 71.8 Å². The van der Waals surface area contributed by atoms with E-state index in [0.717, 1.165) is 13.1 Å². The summed E-state index contributed by atoms with van der Waals surface area (Å²) in [5.41, 5.74) is 1.83. The number of halogens is 1. The van der Waals surface area contributed by atoms with Crippen LogP contribution in [-0.4, -0.2) is 30.6 Å². The van der Waals surface area contributed by atoms with Crippen LogP contribution in [0, 0.1) is 0 Å². The lowest BCUT2D eigenvalue weighted by Crippen LogP contribution is -2.36. The Balaban J connectivity index is 0.00000208. The summed E-state index contributed by atoms with van der Waals surface area (Å²) in [6.45, 7) is 2.54. The van der Waals surface area contributed by atoms with E-state index in [-0.39, 0.29) is 24.4 Å². The molecule has 24 heavy (non-hydrogen) atoms. The van der Waals surface area contributed by atoms with Gasteiger partial charge in [-0.1, -0.05) is 55.0 Å². The van der Waals surface area contributed by atoms with E-state index in [9.17, 15) is 4.79 Å². The molecule has 0 bridgehead atoms. The number of rotatable bonds is 5. The first-order valence-electron chi connectivity index (χ1n) is 8.36. The van der Waals surface area contributed by atoms with Crippen molar-refractivity contribution >= 4 is 18.4 Å². The molecule has 4 heteroatoms. The molecular formula is C20H24ClNO2. The van der Waals surface area contributed by atoms with Crippen LogP contribution in [0.3, 0.4) is 0 Å². The van der Waals surface area contributed by atoms with Gasteiger partial charge in [-0.2, -0.15) is 0 Å². The smallest absolute Gasteiger partial charge is 0.338 e. The van der Waals surface area contributed by atoms with Gasteiger partial charge in [0.25, 0.3) is 0 Å². The first-order chi connectivity index (χ1) is 11.3. The van der Waals surface area contributed by atoms with Crippen LogP contribution in [0.1, 0.15) is 41.2 Å². The van der Waals surface area contributed by atoms with Crippen LogP contribution in [0.15, 0.2) is 60.7 Å². The Bertz CT molecular complexity index is 612. The van der Waals surface area contributed by atoms with E-state index in [1.807, 2.05) is 36.4 Å². The van der Waals surface area contributed by atoms with Crippen molar-refractivity contribution in [2.24, 2.45) is 0 Å². The standard InChI is InChI=1S/C20H23NO2.ClH/c22-20(18-12-6-2-7-13-18)23-16-19(17-10-4-1-5-11-17)21-14-8-3-9-15-21;/h1-2,4-7,10-13,19H,3,8-9,14-16H2;1H. The van der Waals surface area contributed by atoms with E-state index in [0.29, 0.717) is 12.2 Å². The van der Waals surface area contributed by atoms with Gasteiger partial charge in [0.1, 0.15) is 6.61 Å². The summed E-state index contributed by atoms with van der Waals surface area (Å²) in [7, 11) is 0. The van der Waals surface area contributed by atoms with Crippen molar-refractivity contribution in [1.82, 2.24) is 4.90 Å². The quantitative estimate of drug-likeness (QED) is 0.748. The topological polar surface area (TPSA) is 29.5 Å². The highest BCUT2D eigenvalue weighted by molar-refractivity contribution is 5.89. The second-order valence-electron chi connectivity index (χ2n) is 5.99. The molecule has 1 aliphatic heterocycles. The second-order valence-corrected chi connectivity index (χ2v) is 5.99. The number of esters is 1. The number of likely N-dealkylation sites (tertiary alicyclic amines) is 1. The average Bonchev–Trinajstić information content (AvgIpc) is 2.64. The lowest BCUT2D eigenvalue weighted by molar-refractivity contribution is 0.0317. The molecule has 1 atom stereocenters. The highest BCUT2D eigenvalue weighted by atomic mass is 35.5. The van der Waals surface area contributed by atoms with Crippen LogP contribution in [0.25, 0.3) is 0 Å². The van der Waals surface area contributed by atoms with Gasteiger partial charge in [0.15, 0.2) is 0 Å². The minimum atomic E-state index is -0.247. The van der Waals surface area contributed by atoms with Gasteiger partial charge in [0.05, 0.1) is 11.6 Å². The Hall–Kier alpha value is -1.84. The Morgan fingerprint density at radius 3 is 2.12 bits per heavy atom. The number of benzene rings is 2. The summed E-state index contributed by atoms with van der Waals surface area (Å²) in [4.78, 5) is 14.7. The molecule has 2 aromatic carbocycles. The lowest BCUT2D eigenvalue weighted by atomic mass is 10.0. The van der Waals surface area contributed by atoms with E-state index >= 15 is 0 Å². The van der Waals surface area contributed by atoms with Gasteiger partial charge in [-0.25, -0.2) is 4.79 Å². The Morgan fingerprint density at radius 1 is 0.917 bits per heavy atom. The summed E-state index contributed by atoms with van der Waals surface area (Å²) in [6, 6.07) is 19.7. The molecule has 2 aromatic rings. The molecular weight excluding hydrogens is 322 g/mol. The van der Waals surface area contributed by atoms with Crippen LogP contribution in [0.5, 0.6) is 0 Å². The molecule has 1 fully saturated rings. The van der Waals surface area contributed by atoms with Gasteiger partial charge in [-0.05, 0) is 43.6 Å². The minimum absolute atomic E-state index is 0. The SMILES string of the molecule is Cl.O=C(OCC(c1ccccc1)N1CCCCC1)c1ccccc1. The van der Waals surface area contributed by atoms with Crippen LogP contribution in [0.4, 0.5) is 0 Å². The molecule has 0 spiro atoms. The Kier molecular flexibility index (Phi) is 7.29.